The highest BCUT2D eigenvalue weighted by molar-refractivity contribution is 6.10. The van der Waals surface area contributed by atoms with E-state index in [2.05, 4.69) is 26.1 Å². The number of hydrogen-bond donors (Lipinski definition) is 1. The molecule has 1 aliphatic heterocycles. The van der Waals surface area contributed by atoms with Gasteiger partial charge >= 0.3 is 6.03 Å². The lowest BCUT2D eigenvalue weighted by Gasteiger charge is -2.39. The molecule has 4 amide bonds. The predicted molar refractivity (Wildman–Crippen MR) is 130 cm³/mol. The van der Waals surface area contributed by atoms with Crippen molar-refractivity contribution in [2.45, 2.75) is 70.0 Å². The maximum absolute atomic E-state index is 13.7. The molecule has 2 aromatic rings. The normalized spacial score (nSPS) is 24.0. The SMILES string of the molecule is CC(C1CCC1)N(Cc1ccccc1)C(=O)CN1C(=O)NC2(CC(C)(C)c3ccccc32)C1=O. The number of nitrogens with one attached hydrogen (secondary N) is 1. The molecule has 0 aromatic heterocycles. The second kappa shape index (κ2) is 8.26. The first-order chi connectivity index (χ1) is 16.2. The van der Waals surface area contributed by atoms with Crippen LogP contribution in [-0.4, -0.2) is 40.2 Å². The lowest BCUT2D eigenvalue weighted by molar-refractivity contribution is -0.142. The summed E-state index contributed by atoms with van der Waals surface area (Å²) in [4.78, 5) is 43.4. The monoisotopic (exact) mass is 459 g/mol. The Bertz CT molecular complexity index is 1120. The number of carbonyl (C=O) groups is 3. The first kappa shape index (κ1) is 22.6. The van der Waals surface area contributed by atoms with Gasteiger partial charge in [0.05, 0.1) is 0 Å². The van der Waals surface area contributed by atoms with E-state index in [9.17, 15) is 14.4 Å². The zero-order valence-electron chi connectivity index (χ0n) is 20.2. The molecule has 1 saturated carbocycles. The molecule has 2 aromatic carbocycles. The van der Waals surface area contributed by atoms with Crippen molar-refractivity contribution in [1.29, 1.82) is 0 Å². The molecule has 1 saturated heterocycles. The fraction of sp³-hybridized carbons (Fsp3) is 0.464. The Morgan fingerprint density at radius 2 is 1.71 bits per heavy atom. The molecule has 2 unspecified atom stereocenters. The van der Waals surface area contributed by atoms with Crippen molar-refractivity contribution in [2.24, 2.45) is 5.92 Å². The van der Waals surface area contributed by atoms with E-state index >= 15 is 0 Å². The molecule has 2 aliphatic carbocycles. The smallest absolute Gasteiger partial charge is 0.325 e. The van der Waals surface area contributed by atoms with E-state index in [-0.39, 0.29) is 29.8 Å². The van der Waals surface area contributed by atoms with Crippen LogP contribution in [0.15, 0.2) is 54.6 Å². The number of benzene rings is 2. The highest BCUT2D eigenvalue weighted by atomic mass is 16.2. The minimum Gasteiger partial charge on any atom is -0.334 e. The fourth-order valence-electron chi connectivity index (χ4n) is 6.01. The van der Waals surface area contributed by atoms with Crippen LogP contribution in [0.5, 0.6) is 0 Å². The van der Waals surface area contributed by atoms with Gasteiger partial charge in [0.25, 0.3) is 5.91 Å². The van der Waals surface area contributed by atoms with Crippen LogP contribution < -0.4 is 5.32 Å². The standard InChI is InChI=1S/C28H33N3O3/c1-19(21-12-9-13-21)30(16-20-10-5-4-6-11-20)24(32)17-31-25(33)28(29-26(31)34)18-27(2,3)22-14-7-8-15-23(22)28/h4-8,10-11,14-15,19,21H,9,12-13,16-18H2,1-3H3,(H,29,34). The second-order valence-electron chi connectivity index (χ2n) is 10.8. The number of fused-ring (bicyclic) bond motifs is 2. The number of imide groups is 1. The molecule has 34 heavy (non-hydrogen) atoms. The van der Waals surface area contributed by atoms with E-state index < -0.39 is 11.6 Å². The largest absolute Gasteiger partial charge is 0.334 e. The van der Waals surface area contributed by atoms with Crippen molar-refractivity contribution in [3.63, 3.8) is 0 Å². The molecular formula is C28H33N3O3. The summed E-state index contributed by atoms with van der Waals surface area (Å²) in [6.45, 7) is 6.51. The Labute approximate surface area is 201 Å². The Morgan fingerprint density at radius 3 is 2.35 bits per heavy atom. The minimum atomic E-state index is -1.10. The van der Waals surface area contributed by atoms with Crippen LogP contribution in [0.4, 0.5) is 4.79 Å². The van der Waals surface area contributed by atoms with Crippen molar-refractivity contribution in [1.82, 2.24) is 15.1 Å². The van der Waals surface area contributed by atoms with E-state index in [4.69, 9.17) is 0 Å². The summed E-state index contributed by atoms with van der Waals surface area (Å²) in [5, 5.41) is 2.98. The van der Waals surface area contributed by atoms with Crippen LogP contribution in [0.25, 0.3) is 0 Å². The van der Waals surface area contributed by atoms with E-state index in [1.165, 1.54) is 6.42 Å². The molecule has 0 radical (unpaired) electrons. The lowest BCUT2D eigenvalue weighted by Crippen LogP contribution is -2.49. The highest BCUT2D eigenvalue weighted by Crippen LogP contribution is 2.50. The molecule has 1 heterocycles. The van der Waals surface area contributed by atoms with E-state index in [1.54, 1.807) is 0 Å². The van der Waals surface area contributed by atoms with Gasteiger partial charge in [-0.2, -0.15) is 0 Å². The van der Waals surface area contributed by atoms with Crippen molar-refractivity contribution < 1.29 is 14.4 Å². The summed E-state index contributed by atoms with van der Waals surface area (Å²) in [6.07, 6.45) is 3.89. The Morgan fingerprint density at radius 1 is 1.06 bits per heavy atom. The lowest BCUT2D eigenvalue weighted by atomic mass is 9.79. The van der Waals surface area contributed by atoms with Gasteiger partial charge < -0.3 is 10.2 Å². The average Bonchev–Trinajstić information content (AvgIpc) is 3.15. The third-order valence-electron chi connectivity index (χ3n) is 8.13. The zero-order chi connectivity index (χ0) is 24.1. The summed E-state index contributed by atoms with van der Waals surface area (Å²) >= 11 is 0. The van der Waals surface area contributed by atoms with Crippen molar-refractivity contribution in [2.75, 3.05) is 6.54 Å². The van der Waals surface area contributed by atoms with Gasteiger partial charge in [-0.25, -0.2) is 4.79 Å². The first-order valence-electron chi connectivity index (χ1n) is 12.3. The molecule has 2 atom stereocenters. The molecule has 3 aliphatic rings. The quantitative estimate of drug-likeness (QED) is 0.654. The van der Waals surface area contributed by atoms with Crippen LogP contribution >= 0.6 is 0 Å². The number of nitrogens with zero attached hydrogens (tertiary/aromatic N) is 2. The first-order valence-corrected chi connectivity index (χ1v) is 12.3. The number of rotatable bonds is 6. The van der Waals surface area contributed by atoms with Crippen molar-refractivity contribution >= 4 is 17.8 Å². The van der Waals surface area contributed by atoms with Crippen molar-refractivity contribution in [3.05, 3.63) is 71.3 Å². The number of amides is 4. The maximum atomic E-state index is 13.7. The third kappa shape index (κ3) is 3.60. The van der Waals surface area contributed by atoms with E-state index in [0.29, 0.717) is 18.9 Å². The van der Waals surface area contributed by atoms with Gasteiger partial charge in [0.2, 0.25) is 5.91 Å². The summed E-state index contributed by atoms with van der Waals surface area (Å²) in [7, 11) is 0. The number of urea groups is 1. The van der Waals surface area contributed by atoms with Gasteiger partial charge in [0, 0.05) is 12.6 Å². The van der Waals surface area contributed by atoms with Gasteiger partial charge in [0.15, 0.2) is 0 Å². The van der Waals surface area contributed by atoms with Crippen LogP contribution in [0.1, 0.15) is 63.1 Å². The molecule has 0 bridgehead atoms. The topological polar surface area (TPSA) is 69.7 Å². The van der Waals surface area contributed by atoms with Gasteiger partial charge in [-0.05, 0) is 54.2 Å². The van der Waals surface area contributed by atoms with Crippen LogP contribution in [0.3, 0.4) is 0 Å². The third-order valence-corrected chi connectivity index (χ3v) is 8.13. The van der Waals surface area contributed by atoms with Crippen LogP contribution in [-0.2, 0) is 27.1 Å². The molecular weight excluding hydrogens is 426 g/mol. The van der Waals surface area contributed by atoms with E-state index in [1.807, 2.05) is 59.5 Å². The zero-order valence-corrected chi connectivity index (χ0v) is 20.2. The second-order valence-corrected chi connectivity index (χ2v) is 10.8. The molecule has 5 rings (SSSR count). The Hall–Kier alpha value is -3.15. The summed E-state index contributed by atoms with van der Waals surface area (Å²) < 4.78 is 0. The van der Waals surface area contributed by atoms with E-state index in [0.717, 1.165) is 34.4 Å². The number of carbonyl (C=O) groups excluding carboxylic acids is 3. The summed E-state index contributed by atoms with van der Waals surface area (Å²) in [5.41, 5.74) is 1.61. The maximum Gasteiger partial charge on any atom is 0.325 e. The van der Waals surface area contributed by atoms with Gasteiger partial charge in [-0.3, -0.25) is 14.5 Å². The molecule has 2 fully saturated rings. The highest BCUT2D eigenvalue weighted by Gasteiger charge is 2.60. The minimum absolute atomic E-state index is 0.0577. The van der Waals surface area contributed by atoms with Gasteiger partial charge in [-0.1, -0.05) is 74.9 Å². The summed E-state index contributed by atoms with van der Waals surface area (Å²) in [6, 6.07) is 17.3. The molecule has 1 spiro atoms. The van der Waals surface area contributed by atoms with Crippen LogP contribution in [0.2, 0.25) is 0 Å². The van der Waals surface area contributed by atoms with Crippen molar-refractivity contribution in [3.8, 4) is 0 Å². The van der Waals surface area contributed by atoms with Crippen LogP contribution in [0, 0.1) is 5.92 Å². The predicted octanol–water partition coefficient (Wildman–Crippen LogP) is 4.33. The molecule has 178 valence electrons. The Balaban J connectivity index is 1.40. The summed E-state index contributed by atoms with van der Waals surface area (Å²) in [5.74, 6) is -0.0428. The molecule has 1 N–H and O–H groups in total. The molecule has 6 heteroatoms. The van der Waals surface area contributed by atoms with Gasteiger partial charge in [-0.15, -0.1) is 0 Å². The fourth-order valence-corrected chi connectivity index (χ4v) is 6.01. The number of hydrogen-bond acceptors (Lipinski definition) is 3. The Kier molecular flexibility index (Phi) is 5.50. The molecule has 6 nitrogen and oxygen atoms in total. The van der Waals surface area contributed by atoms with Gasteiger partial charge in [0.1, 0.15) is 12.1 Å². The average molecular weight is 460 g/mol.